The average molecular weight is 238 g/mol. The molecule has 1 N–H and O–H groups in total. The largest absolute Gasteiger partial charge is 0.338 e. The molecule has 90 valence electrons. The third kappa shape index (κ3) is 2.46. The molecular formula is C14H14N4. The standard InChI is InChI=1S/C14H14N4/c1-10(2)11-5-3-4-6-12(11)18-14-13(9-15)16-7-8-17-14/h3-8,10H,1-2H3,(H,17,18). The molecule has 0 unspecified atom stereocenters. The molecule has 1 heterocycles. The second-order valence-corrected chi connectivity index (χ2v) is 4.23. The lowest BCUT2D eigenvalue weighted by Crippen LogP contribution is -2.02. The molecule has 4 nitrogen and oxygen atoms in total. The molecule has 0 aliphatic carbocycles. The molecule has 2 aromatic rings. The number of anilines is 2. The van der Waals surface area contributed by atoms with Crippen molar-refractivity contribution in [2.24, 2.45) is 0 Å². The summed E-state index contributed by atoms with van der Waals surface area (Å²) in [6.45, 7) is 4.25. The van der Waals surface area contributed by atoms with Crippen molar-refractivity contribution in [2.75, 3.05) is 5.32 Å². The SMILES string of the molecule is CC(C)c1ccccc1Nc1nccnc1C#N. The van der Waals surface area contributed by atoms with E-state index < -0.39 is 0 Å². The van der Waals surface area contributed by atoms with Crippen LogP contribution < -0.4 is 5.32 Å². The van der Waals surface area contributed by atoms with Gasteiger partial charge in [0, 0.05) is 18.1 Å². The van der Waals surface area contributed by atoms with Crippen molar-refractivity contribution < 1.29 is 0 Å². The molecule has 0 bridgehead atoms. The summed E-state index contributed by atoms with van der Waals surface area (Å²) in [6.07, 6.45) is 3.08. The van der Waals surface area contributed by atoms with E-state index in [1.54, 1.807) is 6.20 Å². The second kappa shape index (κ2) is 5.28. The Kier molecular flexibility index (Phi) is 3.54. The zero-order valence-electron chi connectivity index (χ0n) is 10.4. The van der Waals surface area contributed by atoms with Crippen molar-refractivity contribution >= 4 is 11.5 Å². The highest BCUT2D eigenvalue weighted by Crippen LogP contribution is 2.26. The summed E-state index contributed by atoms with van der Waals surface area (Å²) in [7, 11) is 0. The predicted octanol–water partition coefficient (Wildman–Crippen LogP) is 3.22. The van der Waals surface area contributed by atoms with Gasteiger partial charge >= 0.3 is 0 Å². The van der Waals surface area contributed by atoms with E-state index in [0.29, 0.717) is 17.4 Å². The maximum atomic E-state index is 8.98. The molecule has 18 heavy (non-hydrogen) atoms. The zero-order valence-corrected chi connectivity index (χ0v) is 10.4. The highest BCUT2D eigenvalue weighted by Gasteiger charge is 2.09. The molecule has 0 spiro atoms. The van der Waals surface area contributed by atoms with Crippen LogP contribution in [0, 0.1) is 11.3 Å². The normalized spacial score (nSPS) is 10.1. The van der Waals surface area contributed by atoms with E-state index in [2.05, 4.69) is 35.2 Å². The number of para-hydroxylation sites is 1. The number of nitriles is 1. The van der Waals surface area contributed by atoms with Crippen LogP contribution in [-0.4, -0.2) is 9.97 Å². The Morgan fingerprint density at radius 1 is 1.17 bits per heavy atom. The molecule has 4 heteroatoms. The summed E-state index contributed by atoms with van der Waals surface area (Å²) in [5.74, 6) is 0.893. The second-order valence-electron chi connectivity index (χ2n) is 4.23. The first kappa shape index (κ1) is 12.1. The summed E-state index contributed by atoms with van der Waals surface area (Å²) in [6, 6.07) is 10.0. The number of nitrogens with one attached hydrogen (secondary N) is 1. The maximum Gasteiger partial charge on any atom is 0.183 e. The molecule has 0 aliphatic rings. The molecule has 2 rings (SSSR count). The van der Waals surface area contributed by atoms with Crippen LogP contribution in [0.5, 0.6) is 0 Å². The maximum absolute atomic E-state index is 8.98. The van der Waals surface area contributed by atoms with Gasteiger partial charge in [-0.15, -0.1) is 0 Å². The summed E-state index contributed by atoms with van der Waals surface area (Å²) < 4.78 is 0. The van der Waals surface area contributed by atoms with Crippen LogP contribution in [0.3, 0.4) is 0 Å². The van der Waals surface area contributed by atoms with Crippen molar-refractivity contribution in [1.82, 2.24) is 9.97 Å². The van der Waals surface area contributed by atoms with Gasteiger partial charge in [0.1, 0.15) is 6.07 Å². The van der Waals surface area contributed by atoms with Gasteiger partial charge in [-0.1, -0.05) is 32.0 Å². The molecular weight excluding hydrogens is 224 g/mol. The fourth-order valence-electron chi connectivity index (χ4n) is 1.75. The minimum atomic E-state index is 0.302. The summed E-state index contributed by atoms with van der Waals surface area (Å²) in [4.78, 5) is 8.13. The molecule has 0 saturated heterocycles. The topological polar surface area (TPSA) is 61.6 Å². The number of aromatic nitrogens is 2. The molecule has 0 fully saturated rings. The van der Waals surface area contributed by atoms with Crippen LogP contribution >= 0.6 is 0 Å². The Balaban J connectivity index is 2.38. The fourth-order valence-corrected chi connectivity index (χ4v) is 1.75. The Hall–Kier alpha value is -2.41. The Bertz CT molecular complexity index is 584. The third-order valence-electron chi connectivity index (χ3n) is 2.64. The number of hydrogen-bond acceptors (Lipinski definition) is 4. The van der Waals surface area contributed by atoms with Crippen LogP contribution in [0.4, 0.5) is 11.5 Å². The van der Waals surface area contributed by atoms with Crippen LogP contribution in [0.15, 0.2) is 36.7 Å². The van der Waals surface area contributed by atoms with E-state index in [-0.39, 0.29) is 0 Å². The smallest absolute Gasteiger partial charge is 0.183 e. The van der Waals surface area contributed by atoms with Crippen molar-refractivity contribution in [3.05, 3.63) is 47.9 Å². The number of hydrogen-bond donors (Lipinski definition) is 1. The lowest BCUT2D eigenvalue weighted by Gasteiger charge is -2.14. The lowest BCUT2D eigenvalue weighted by atomic mass is 10.0. The Morgan fingerprint density at radius 2 is 1.89 bits per heavy atom. The van der Waals surface area contributed by atoms with Crippen molar-refractivity contribution in [3.63, 3.8) is 0 Å². The van der Waals surface area contributed by atoms with Crippen LogP contribution in [0.1, 0.15) is 31.0 Å². The van der Waals surface area contributed by atoms with Gasteiger partial charge < -0.3 is 5.32 Å². The van der Waals surface area contributed by atoms with Gasteiger partial charge in [-0.25, -0.2) is 9.97 Å². The number of benzene rings is 1. The minimum absolute atomic E-state index is 0.302. The van der Waals surface area contributed by atoms with Gasteiger partial charge in [0.05, 0.1) is 0 Å². The van der Waals surface area contributed by atoms with Crippen molar-refractivity contribution in [3.8, 4) is 6.07 Å². The van der Waals surface area contributed by atoms with Gasteiger partial charge in [-0.2, -0.15) is 5.26 Å². The first-order valence-electron chi connectivity index (χ1n) is 5.79. The van der Waals surface area contributed by atoms with E-state index in [9.17, 15) is 0 Å². The number of rotatable bonds is 3. The average Bonchev–Trinajstić information content (AvgIpc) is 2.40. The first-order chi connectivity index (χ1) is 8.72. The van der Waals surface area contributed by atoms with Gasteiger partial charge in [0.2, 0.25) is 0 Å². The summed E-state index contributed by atoms with van der Waals surface area (Å²) in [5, 5.41) is 12.2. The predicted molar refractivity (Wildman–Crippen MR) is 70.6 cm³/mol. The highest BCUT2D eigenvalue weighted by molar-refractivity contribution is 5.64. The molecule has 0 aliphatic heterocycles. The molecule has 0 amide bonds. The Labute approximate surface area is 106 Å². The lowest BCUT2D eigenvalue weighted by molar-refractivity contribution is 0.868. The molecule has 1 aromatic carbocycles. The summed E-state index contributed by atoms with van der Waals surface area (Å²) in [5.41, 5.74) is 2.45. The van der Waals surface area contributed by atoms with Crippen molar-refractivity contribution in [2.45, 2.75) is 19.8 Å². The molecule has 1 aromatic heterocycles. The van der Waals surface area contributed by atoms with Gasteiger partial charge in [0.15, 0.2) is 11.5 Å². The third-order valence-corrected chi connectivity index (χ3v) is 2.64. The highest BCUT2D eigenvalue weighted by atomic mass is 15.0. The van der Waals surface area contributed by atoms with Crippen molar-refractivity contribution in [1.29, 1.82) is 5.26 Å². The van der Waals surface area contributed by atoms with E-state index >= 15 is 0 Å². The van der Waals surface area contributed by atoms with E-state index in [1.165, 1.54) is 11.8 Å². The van der Waals surface area contributed by atoms with Gasteiger partial charge in [-0.3, -0.25) is 0 Å². The monoisotopic (exact) mass is 238 g/mol. The minimum Gasteiger partial charge on any atom is -0.338 e. The zero-order chi connectivity index (χ0) is 13.0. The van der Waals surface area contributed by atoms with Gasteiger partial charge in [0.25, 0.3) is 0 Å². The Morgan fingerprint density at radius 3 is 2.61 bits per heavy atom. The van der Waals surface area contributed by atoms with Crippen LogP contribution in [0.2, 0.25) is 0 Å². The fraction of sp³-hybridized carbons (Fsp3) is 0.214. The van der Waals surface area contributed by atoms with E-state index in [1.807, 2.05) is 24.3 Å². The molecule has 0 saturated carbocycles. The van der Waals surface area contributed by atoms with Crippen LogP contribution in [-0.2, 0) is 0 Å². The number of nitrogens with zero attached hydrogens (tertiary/aromatic N) is 3. The molecule has 0 radical (unpaired) electrons. The van der Waals surface area contributed by atoms with Crippen LogP contribution in [0.25, 0.3) is 0 Å². The van der Waals surface area contributed by atoms with E-state index in [4.69, 9.17) is 5.26 Å². The van der Waals surface area contributed by atoms with E-state index in [0.717, 1.165) is 5.69 Å². The first-order valence-corrected chi connectivity index (χ1v) is 5.79. The van der Waals surface area contributed by atoms with Gasteiger partial charge in [-0.05, 0) is 17.5 Å². The quantitative estimate of drug-likeness (QED) is 0.891. The summed E-state index contributed by atoms with van der Waals surface area (Å²) >= 11 is 0. The molecule has 0 atom stereocenters.